The number of nitrogens with one attached hydrogen (secondary N) is 2. The smallest absolute Gasteiger partial charge is 0.436 e. The van der Waals surface area contributed by atoms with Gasteiger partial charge in [-0.2, -0.15) is 0 Å². The van der Waals surface area contributed by atoms with Gasteiger partial charge in [0.2, 0.25) is 0 Å². The fourth-order valence-electron chi connectivity index (χ4n) is 5.33. The molecule has 4 aromatic rings. The first-order valence-electron chi connectivity index (χ1n) is 12.2. The maximum absolute atomic E-state index is 6.83. The zero-order valence-corrected chi connectivity index (χ0v) is 21.2. The molecule has 2 N–H and O–H groups in total. The highest BCUT2D eigenvalue weighted by molar-refractivity contribution is 6.83. The van der Waals surface area contributed by atoms with Crippen LogP contribution in [0.2, 0.25) is 10.0 Å². The van der Waals surface area contributed by atoms with E-state index >= 15 is 0 Å². The van der Waals surface area contributed by atoms with Crippen molar-refractivity contribution in [1.82, 2.24) is 0 Å². The van der Waals surface area contributed by atoms with E-state index in [1.54, 1.807) is 0 Å². The molecule has 0 atom stereocenters. The van der Waals surface area contributed by atoms with E-state index in [9.17, 15) is 0 Å². The van der Waals surface area contributed by atoms with Crippen LogP contribution in [0.15, 0.2) is 108 Å². The fourth-order valence-corrected chi connectivity index (χ4v) is 5.59. The Bertz CT molecular complexity index is 1510. The highest BCUT2D eigenvalue weighted by Crippen LogP contribution is 2.46. The molecule has 3 nitrogen and oxygen atoms in total. The van der Waals surface area contributed by atoms with E-state index < -0.39 is 0 Å². The van der Waals surface area contributed by atoms with Crippen LogP contribution in [-0.2, 0) is 4.57 Å². The number of halogens is 2. The number of allylic oxidation sites excluding steroid dienone is 4. The third-order valence-corrected chi connectivity index (χ3v) is 7.55. The predicted octanol–water partition coefficient (Wildman–Crippen LogP) is 8.01. The van der Waals surface area contributed by atoms with Crippen LogP contribution in [0.25, 0.3) is 23.3 Å². The first-order valence-corrected chi connectivity index (χ1v) is 13.0. The summed E-state index contributed by atoms with van der Waals surface area (Å²) in [5, 5.41) is 8.70. The Morgan fingerprint density at radius 1 is 0.514 bits per heavy atom. The van der Waals surface area contributed by atoms with Gasteiger partial charge in [0.15, 0.2) is 0 Å². The number of anilines is 2. The summed E-state index contributed by atoms with van der Waals surface area (Å²) >= 11 is 12.6. The van der Waals surface area contributed by atoms with Crippen molar-refractivity contribution in [2.75, 3.05) is 10.5 Å². The molecule has 0 unspecified atom stereocenters. The Morgan fingerprint density at radius 2 is 0.919 bits per heavy atom. The molecule has 0 aliphatic carbocycles. The molecule has 0 bridgehead atoms. The molecular weight excluding hydrogens is 497 g/mol. The SMILES string of the molecule is Clc1ccc(C2=C(c3ccc(Cl)cc3)C3=Cc4ccccc4NB3OB3Nc4ccccc4C=C32)cc1. The number of hydrogen-bond donors (Lipinski definition) is 2. The second-order valence-corrected chi connectivity index (χ2v) is 10.2. The minimum Gasteiger partial charge on any atom is -0.454 e. The normalized spacial score (nSPS) is 15.7. The van der Waals surface area contributed by atoms with Crippen molar-refractivity contribution in [2.45, 2.75) is 0 Å². The molecule has 4 aromatic carbocycles. The maximum Gasteiger partial charge on any atom is 0.436 e. The molecule has 3 aliphatic rings. The average Bonchev–Trinajstić information content (AvgIpc) is 3.05. The van der Waals surface area contributed by atoms with Crippen LogP contribution in [0.1, 0.15) is 22.3 Å². The lowest BCUT2D eigenvalue weighted by atomic mass is 9.62. The molecule has 3 heterocycles. The monoisotopic (exact) mass is 516 g/mol. The molecule has 0 saturated carbocycles. The largest absolute Gasteiger partial charge is 0.454 e. The quantitative estimate of drug-likeness (QED) is 0.265. The summed E-state index contributed by atoms with van der Waals surface area (Å²) in [6.07, 6.45) is 4.47. The summed E-state index contributed by atoms with van der Waals surface area (Å²) in [7, 11) is -0.729. The van der Waals surface area contributed by atoms with Crippen LogP contribution in [0, 0.1) is 0 Å². The second kappa shape index (κ2) is 9.04. The van der Waals surface area contributed by atoms with Gasteiger partial charge in [-0.1, -0.05) is 96.0 Å². The molecule has 37 heavy (non-hydrogen) atoms. The van der Waals surface area contributed by atoms with Crippen molar-refractivity contribution in [1.29, 1.82) is 0 Å². The van der Waals surface area contributed by atoms with Crippen LogP contribution < -0.4 is 10.5 Å². The highest BCUT2D eigenvalue weighted by Gasteiger charge is 2.43. The van der Waals surface area contributed by atoms with Gasteiger partial charge in [-0.25, -0.2) is 0 Å². The van der Waals surface area contributed by atoms with Gasteiger partial charge in [0.25, 0.3) is 0 Å². The summed E-state index contributed by atoms with van der Waals surface area (Å²) in [4.78, 5) is 0. The Balaban J connectivity index is 1.58. The fraction of sp³-hybridized carbons (Fsp3) is 0. The lowest BCUT2D eigenvalue weighted by molar-refractivity contribution is 0.614. The van der Waals surface area contributed by atoms with Gasteiger partial charge >= 0.3 is 14.1 Å². The molecule has 0 radical (unpaired) electrons. The van der Waals surface area contributed by atoms with E-state index in [0.717, 1.165) is 55.7 Å². The van der Waals surface area contributed by atoms with E-state index in [-0.39, 0.29) is 14.1 Å². The number of hydrogen-bond acceptors (Lipinski definition) is 3. The van der Waals surface area contributed by atoms with Gasteiger partial charge in [0, 0.05) is 21.4 Å². The first-order chi connectivity index (χ1) is 18.1. The highest BCUT2D eigenvalue weighted by atomic mass is 35.5. The van der Waals surface area contributed by atoms with Crippen molar-refractivity contribution in [3.05, 3.63) is 140 Å². The third-order valence-electron chi connectivity index (χ3n) is 7.05. The molecular formula is C30H20B2Cl2N2O. The van der Waals surface area contributed by atoms with Crippen molar-refractivity contribution < 1.29 is 4.57 Å². The number of para-hydroxylation sites is 2. The molecule has 7 rings (SSSR count). The molecule has 176 valence electrons. The summed E-state index contributed by atoms with van der Waals surface area (Å²) < 4.78 is 6.83. The second-order valence-electron chi connectivity index (χ2n) is 9.32. The molecule has 7 heteroatoms. The van der Waals surface area contributed by atoms with Crippen LogP contribution in [0.3, 0.4) is 0 Å². The molecule has 0 amide bonds. The lowest BCUT2D eigenvalue weighted by Gasteiger charge is -2.28. The maximum atomic E-state index is 6.83. The van der Waals surface area contributed by atoms with Gasteiger partial charge in [-0.05, 0) is 80.7 Å². The number of fused-ring (bicyclic) bond motifs is 4. The summed E-state index contributed by atoms with van der Waals surface area (Å²) in [5.41, 5.74) is 10.8. The Kier molecular flexibility index (Phi) is 5.51. The van der Waals surface area contributed by atoms with E-state index in [1.165, 1.54) is 0 Å². The zero-order valence-electron chi connectivity index (χ0n) is 19.7. The lowest BCUT2D eigenvalue weighted by Crippen LogP contribution is -2.43. The standard InChI is InChI=1S/C30H20B2Cl2N2O/c33-23-13-9-19(10-14-23)29-25-17-21-5-1-3-7-27(21)35-31(25)37-32-26(18-22-6-2-4-8-28(22)36-32)30(29)20-11-15-24(34)16-12-20/h1-18,35-36H. The van der Waals surface area contributed by atoms with E-state index in [2.05, 4.69) is 83.3 Å². The summed E-state index contributed by atoms with van der Waals surface area (Å²) in [6, 6.07) is 32.7. The van der Waals surface area contributed by atoms with Gasteiger partial charge in [0.1, 0.15) is 0 Å². The number of rotatable bonds is 2. The van der Waals surface area contributed by atoms with Gasteiger partial charge < -0.3 is 15.0 Å². The molecule has 3 aliphatic heterocycles. The molecule has 0 spiro atoms. The Hall–Kier alpha value is -3.63. The van der Waals surface area contributed by atoms with Gasteiger partial charge in [0.05, 0.1) is 0 Å². The Morgan fingerprint density at radius 3 is 1.35 bits per heavy atom. The van der Waals surface area contributed by atoms with Crippen molar-refractivity contribution in [3.63, 3.8) is 0 Å². The van der Waals surface area contributed by atoms with E-state index in [0.29, 0.717) is 10.0 Å². The van der Waals surface area contributed by atoms with E-state index in [1.807, 2.05) is 36.4 Å². The zero-order chi connectivity index (χ0) is 24.9. The average molecular weight is 517 g/mol. The van der Waals surface area contributed by atoms with Crippen LogP contribution >= 0.6 is 23.2 Å². The summed E-state index contributed by atoms with van der Waals surface area (Å²) in [6.45, 7) is 0. The van der Waals surface area contributed by atoms with Crippen molar-refractivity contribution in [2.24, 2.45) is 0 Å². The number of benzene rings is 4. The van der Waals surface area contributed by atoms with Gasteiger partial charge in [-0.3, -0.25) is 0 Å². The van der Waals surface area contributed by atoms with Crippen LogP contribution in [0.5, 0.6) is 0 Å². The van der Waals surface area contributed by atoms with E-state index in [4.69, 9.17) is 27.8 Å². The summed E-state index contributed by atoms with van der Waals surface area (Å²) in [5.74, 6) is 0. The van der Waals surface area contributed by atoms with Crippen LogP contribution in [-0.4, -0.2) is 14.1 Å². The minimum absolute atomic E-state index is 0.364. The first kappa shape index (κ1) is 22.6. The molecule has 0 saturated heterocycles. The Labute approximate surface area is 226 Å². The predicted molar refractivity (Wildman–Crippen MR) is 158 cm³/mol. The van der Waals surface area contributed by atoms with Gasteiger partial charge in [-0.15, -0.1) is 0 Å². The molecule has 0 aromatic heterocycles. The van der Waals surface area contributed by atoms with Crippen LogP contribution in [0.4, 0.5) is 11.4 Å². The van der Waals surface area contributed by atoms with Crippen molar-refractivity contribution >= 4 is 72.0 Å². The topological polar surface area (TPSA) is 33.3 Å². The molecule has 0 fully saturated rings. The minimum atomic E-state index is -0.364. The van der Waals surface area contributed by atoms with Crippen molar-refractivity contribution in [3.8, 4) is 0 Å². The third kappa shape index (κ3) is 4.00.